The van der Waals surface area contributed by atoms with Gasteiger partial charge in [0, 0.05) is 38.3 Å². The topological polar surface area (TPSA) is 86.3 Å². The molecule has 1 saturated heterocycles. The van der Waals surface area contributed by atoms with E-state index in [1.54, 1.807) is 4.90 Å². The zero-order valence-corrected chi connectivity index (χ0v) is 22.0. The van der Waals surface area contributed by atoms with Crippen molar-refractivity contribution in [3.05, 3.63) is 29.8 Å². The van der Waals surface area contributed by atoms with Gasteiger partial charge in [-0.15, -0.1) is 24.0 Å². The predicted octanol–water partition coefficient (Wildman–Crippen LogP) is 3.67. The van der Waals surface area contributed by atoms with Crippen LogP contribution >= 0.6 is 24.0 Å². The Bertz CT molecular complexity index is 837. The second-order valence-electron chi connectivity index (χ2n) is 9.64. The number of anilines is 1. The van der Waals surface area contributed by atoms with Crippen LogP contribution in [0.1, 0.15) is 46.6 Å². The third kappa shape index (κ3) is 7.53. The first-order valence-corrected chi connectivity index (χ1v) is 11.0. The maximum absolute atomic E-state index is 12.4. The highest BCUT2D eigenvalue weighted by Crippen LogP contribution is 2.19. The number of benzene rings is 1. The van der Waals surface area contributed by atoms with Gasteiger partial charge in [-0.1, -0.05) is 26.0 Å². The molecule has 0 bridgehead atoms. The van der Waals surface area contributed by atoms with E-state index in [2.05, 4.69) is 20.5 Å². The van der Waals surface area contributed by atoms with Crippen molar-refractivity contribution in [2.24, 2.45) is 10.9 Å². The summed E-state index contributed by atoms with van der Waals surface area (Å²) in [6.45, 7) is 12.9. The molecule has 2 amide bonds. The molecule has 8 nitrogen and oxygen atoms in total. The molecule has 32 heavy (non-hydrogen) atoms. The van der Waals surface area contributed by atoms with Crippen LogP contribution in [-0.2, 0) is 16.1 Å². The molecule has 1 fully saturated rings. The Hall–Kier alpha value is -2.04. The number of rotatable bonds is 5. The first-order chi connectivity index (χ1) is 14.6. The Morgan fingerprint density at radius 1 is 1.25 bits per heavy atom. The van der Waals surface area contributed by atoms with Crippen LogP contribution in [0.25, 0.3) is 0 Å². The van der Waals surface area contributed by atoms with Gasteiger partial charge in [-0.2, -0.15) is 0 Å². The molecular weight excluding hydrogens is 521 g/mol. The van der Waals surface area contributed by atoms with E-state index in [1.165, 1.54) is 0 Å². The van der Waals surface area contributed by atoms with Crippen molar-refractivity contribution < 1.29 is 14.3 Å². The van der Waals surface area contributed by atoms with Crippen LogP contribution in [-0.4, -0.2) is 65.6 Å². The molecule has 178 valence electrons. The maximum Gasteiger partial charge on any atom is 0.410 e. The largest absolute Gasteiger partial charge is 0.444 e. The zero-order chi connectivity index (χ0) is 22.6. The van der Waals surface area contributed by atoms with Crippen LogP contribution in [0.4, 0.5) is 10.5 Å². The number of halogens is 1. The van der Waals surface area contributed by atoms with Crippen LogP contribution in [0.2, 0.25) is 0 Å². The summed E-state index contributed by atoms with van der Waals surface area (Å²) < 4.78 is 5.50. The quantitative estimate of drug-likeness (QED) is 0.540. The minimum Gasteiger partial charge on any atom is -0.444 e. The third-order valence-corrected chi connectivity index (χ3v) is 5.11. The monoisotopic (exact) mass is 557 g/mol. The van der Waals surface area contributed by atoms with E-state index in [9.17, 15) is 9.59 Å². The van der Waals surface area contributed by atoms with Gasteiger partial charge in [0.1, 0.15) is 5.60 Å². The van der Waals surface area contributed by atoms with Gasteiger partial charge in [0.2, 0.25) is 5.91 Å². The van der Waals surface area contributed by atoms with Gasteiger partial charge >= 0.3 is 6.09 Å². The summed E-state index contributed by atoms with van der Waals surface area (Å²) in [5, 5.41) is 6.38. The zero-order valence-electron chi connectivity index (χ0n) is 19.7. The van der Waals surface area contributed by atoms with Crippen molar-refractivity contribution in [1.82, 2.24) is 15.1 Å². The molecule has 1 unspecified atom stereocenters. The lowest BCUT2D eigenvalue weighted by molar-refractivity contribution is -0.116. The molecule has 1 aromatic rings. The smallest absolute Gasteiger partial charge is 0.410 e. The predicted molar refractivity (Wildman–Crippen MR) is 137 cm³/mol. The molecule has 2 aliphatic heterocycles. The minimum absolute atomic E-state index is 0. The van der Waals surface area contributed by atoms with Gasteiger partial charge < -0.3 is 25.2 Å². The Morgan fingerprint density at radius 3 is 2.69 bits per heavy atom. The number of guanidine groups is 1. The van der Waals surface area contributed by atoms with Crippen LogP contribution in [0.5, 0.6) is 0 Å². The Morgan fingerprint density at radius 2 is 2.00 bits per heavy atom. The standard InChI is InChI=1S/C23H35N5O3.HI/c1-16(2)11-20(29)26-18-8-6-7-17(12-18)13-24-21-25-14-19-15-27(9-10-28(19)21)22(30)31-23(3,4)5;/h6-8,12,16,19H,9-11,13-15H2,1-5H3,(H,24,25)(H,26,29);1H. The number of carbonyl (C=O) groups excluding carboxylic acids is 2. The molecule has 2 heterocycles. The van der Waals surface area contributed by atoms with Crippen molar-refractivity contribution in [2.45, 2.75) is 59.2 Å². The summed E-state index contributed by atoms with van der Waals surface area (Å²) in [6.07, 6.45) is 0.251. The number of ether oxygens (including phenoxy) is 1. The van der Waals surface area contributed by atoms with Gasteiger partial charge in [0.05, 0.1) is 12.6 Å². The SMILES string of the molecule is CC(C)CC(=O)Nc1cccc(CNC2=NCC3CN(C(=O)OC(C)(C)C)CCN23)c1.I. The van der Waals surface area contributed by atoms with Crippen molar-refractivity contribution >= 4 is 47.6 Å². The number of amides is 2. The normalized spacial score (nSPS) is 17.9. The summed E-state index contributed by atoms with van der Waals surface area (Å²) in [5.41, 5.74) is 1.39. The Labute approximate surface area is 208 Å². The number of nitrogens with zero attached hydrogens (tertiary/aromatic N) is 3. The molecule has 9 heteroatoms. The molecule has 0 saturated carbocycles. The van der Waals surface area contributed by atoms with Crippen LogP contribution < -0.4 is 10.6 Å². The Balaban J connectivity index is 0.00000363. The molecule has 2 aliphatic rings. The van der Waals surface area contributed by atoms with E-state index in [0.717, 1.165) is 23.8 Å². The highest BCUT2D eigenvalue weighted by molar-refractivity contribution is 14.0. The van der Waals surface area contributed by atoms with E-state index in [1.807, 2.05) is 58.9 Å². The number of hydrogen-bond donors (Lipinski definition) is 2. The average Bonchev–Trinajstić information content (AvgIpc) is 3.07. The molecule has 3 rings (SSSR count). The fourth-order valence-electron chi connectivity index (χ4n) is 3.75. The molecule has 1 aromatic carbocycles. The molecule has 0 aromatic heterocycles. The lowest BCUT2D eigenvalue weighted by Gasteiger charge is -2.39. The first kappa shape index (κ1) is 26.2. The van der Waals surface area contributed by atoms with Crippen LogP contribution in [0.15, 0.2) is 29.3 Å². The first-order valence-electron chi connectivity index (χ1n) is 11.0. The highest BCUT2D eigenvalue weighted by atomic mass is 127. The van der Waals surface area contributed by atoms with Gasteiger partial charge in [0.25, 0.3) is 0 Å². The van der Waals surface area contributed by atoms with Crippen molar-refractivity contribution in [1.29, 1.82) is 0 Å². The number of aliphatic imine (C=N–C) groups is 1. The molecular formula is C23H36IN5O3. The van der Waals surface area contributed by atoms with Gasteiger partial charge in [-0.25, -0.2) is 4.79 Å². The third-order valence-electron chi connectivity index (χ3n) is 5.11. The van der Waals surface area contributed by atoms with Crippen LogP contribution in [0, 0.1) is 5.92 Å². The van der Waals surface area contributed by atoms with E-state index in [-0.39, 0.29) is 42.0 Å². The van der Waals surface area contributed by atoms with Gasteiger partial charge in [-0.05, 0) is 44.4 Å². The van der Waals surface area contributed by atoms with Crippen molar-refractivity contribution in [3.8, 4) is 0 Å². The second kappa shape index (κ2) is 11.2. The number of nitrogens with one attached hydrogen (secondary N) is 2. The molecule has 0 spiro atoms. The molecule has 1 atom stereocenters. The summed E-state index contributed by atoms with van der Waals surface area (Å²) in [4.78, 5) is 33.0. The molecule has 0 aliphatic carbocycles. The number of carbonyl (C=O) groups is 2. The fourth-order valence-corrected chi connectivity index (χ4v) is 3.75. The molecule has 0 radical (unpaired) electrons. The number of fused-ring (bicyclic) bond motifs is 1. The van der Waals surface area contributed by atoms with Gasteiger partial charge in [-0.3, -0.25) is 9.79 Å². The summed E-state index contributed by atoms with van der Waals surface area (Å²) in [5.74, 6) is 1.23. The van der Waals surface area contributed by atoms with Crippen molar-refractivity contribution in [2.75, 3.05) is 31.5 Å². The lowest BCUT2D eigenvalue weighted by atomic mass is 10.1. The summed E-state index contributed by atoms with van der Waals surface area (Å²) in [6, 6.07) is 8.03. The van der Waals surface area contributed by atoms with Crippen molar-refractivity contribution in [3.63, 3.8) is 0 Å². The van der Waals surface area contributed by atoms with Gasteiger partial charge in [0.15, 0.2) is 5.96 Å². The lowest BCUT2D eigenvalue weighted by Crippen LogP contribution is -2.57. The minimum atomic E-state index is -0.490. The average molecular weight is 557 g/mol. The highest BCUT2D eigenvalue weighted by Gasteiger charge is 2.36. The van der Waals surface area contributed by atoms with Crippen LogP contribution in [0.3, 0.4) is 0 Å². The van der Waals surface area contributed by atoms with E-state index in [0.29, 0.717) is 38.5 Å². The number of piperazine rings is 1. The maximum atomic E-state index is 12.4. The van der Waals surface area contributed by atoms with E-state index < -0.39 is 5.60 Å². The number of hydrogen-bond acceptors (Lipinski definition) is 6. The second-order valence-corrected chi connectivity index (χ2v) is 9.64. The Kier molecular flexibility index (Phi) is 9.18. The van der Waals surface area contributed by atoms with E-state index in [4.69, 9.17) is 4.74 Å². The summed E-state index contributed by atoms with van der Waals surface area (Å²) >= 11 is 0. The summed E-state index contributed by atoms with van der Waals surface area (Å²) in [7, 11) is 0. The van der Waals surface area contributed by atoms with E-state index >= 15 is 0 Å². The fraction of sp³-hybridized carbons (Fsp3) is 0.609. The molecule has 2 N–H and O–H groups in total.